The molecule has 6 nitrogen and oxygen atoms in total. The fraction of sp³-hybridized carbons (Fsp3) is 0.809. The van der Waals surface area contributed by atoms with E-state index in [9.17, 15) is 14.4 Å². The van der Waals surface area contributed by atoms with Crippen LogP contribution >= 0.6 is 0 Å². The van der Waals surface area contributed by atoms with E-state index in [1.807, 2.05) is 0 Å². The molecular formula is C68H122O6. The SMILES string of the molecule is CCC/C=C\C/C=C\CCCCCCCC(=O)OCC(COC(=O)CCCCCCCCCCCC/C=C\C/C=C\C/C=C\CCCCCCC)OC(=O)CCCCCCCCCCCCCCCCCCCC. The van der Waals surface area contributed by atoms with Crippen LogP contribution in [0.1, 0.15) is 335 Å². The molecule has 0 spiro atoms. The van der Waals surface area contributed by atoms with Crippen LogP contribution in [-0.2, 0) is 28.6 Å². The molecule has 0 aromatic heterocycles. The molecule has 0 radical (unpaired) electrons. The molecule has 0 fully saturated rings. The third-order valence-electron chi connectivity index (χ3n) is 14.2. The first-order valence-electron chi connectivity index (χ1n) is 32.3. The Hall–Kier alpha value is -2.89. The second-order valence-corrected chi connectivity index (χ2v) is 21.7. The third kappa shape index (κ3) is 60.0. The van der Waals surface area contributed by atoms with Gasteiger partial charge in [0.2, 0.25) is 0 Å². The van der Waals surface area contributed by atoms with Crippen molar-refractivity contribution in [2.24, 2.45) is 0 Å². The summed E-state index contributed by atoms with van der Waals surface area (Å²) >= 11 is 0. The zero-order chi connectivity index (χ0) is 53.6. The van der Waals surface area contributed by atoms with Gasteiger partial charge in [-0.25, -0.2) is 0 Å². The van der Waals surface area contributed by atoms with E-state index < -0.39 is 6.10 Å². The van der Waals surface area contributed by atoms with Crippen molar-refractivity contribution in [2.45, 2.75) is 341 Å². The van der Waals surface area contributed by atoms with Gasteiger partial charge in [-0.2, -0.15) is 0 Å². The standard InChI is InChI=1S/C68H122O6/c1-4-7-10-13-16-19-22-25-27-29-31-32-33-34-35-36-37-39-40-43-46-49-52-55-58-61-67(70)73-64-65(63-72-66(69)60-57-54-51-48-45-42-24-21-18-15-12-9-6-3)74-68(71)62-59-56-53-50-47-44-41-38-30-28-26-23-20-17-14-11-8-5-2/h12,15,21-22,24-25,29,31,33-34,65H,4-11,13-14,16-20,23,26-28,30,32,35-64H2,1-3H3/b15-12-,24-21-,25-22-,31-29-,34-33-. The van der Waals surface area contributed by atoms with Crippen LogP contribution in [-0.4, -0.2) is 37.2 Å². The highest BCUT2D eigenvalue weighted by Crippen LogP contribution is 2.17. The minimum absolute atomic E-state index is 0.0778. The first-order valence-corrected chi connectivity index (χ1v) is 32.3. The number of esters is 3. The predicted octanol–water partition coefficient (Wildman–Crippen LogP) is 21.9. The van der Waals surface area contributed by atoms with Crippen LogP contribution in [0, 0.1) is 0 Å². The molecule has 0 aromatic rings. The lowest BCUT2D eigenvalue weighted by atomic mass is 10.0. The van der Waals surface area contributed by atoms with E-state index in [1.54, 1.807) is 0 Å². The van der Waals surface area contributed by atoms with Crippen molar-refractivity contribution in [3.8, 4) is 0 Å². The van der Waals surface area contributed by atoms with Gasteiger partial charge in [0, 0.05) is 19.3 Å². The lowest BCUT2D eigenvalue weighted by molar-refractivity contribution is -0.167. The highest BCUT2D eigenvalue weighted by molar-refractivity contribution is 5.71. The van der Waals surface area contributed by atoms with Crippen molar-refractivity contribution in [2.75, 3.05) is 13.2 Å². The summed E-state index contributed by atoms with van der Waals surface area (Å²) in [5.74, 6) is -0.878. The highest BCUT2D eigenvalue weighted by atomic mass is 16.6. The summed E-state index contributed by atoms with van der Waals surface area (Å²) in [5, 5.41) is 0. The number of carbonyl (C=O) groups is 3. The Labute approximate surface area is 460 Å². The number of carbonyl (C=O) groups excluding carboxylic acids is 3. The largest absolute Gasteiger partial charge is 0.462 e. The topological polar surface area (TPSA) is 78.9 Å². The van der Waals surface area contributed by atoms with Crippen LogP contribution in [0.4, 0.5) is 0 Å². The zero-order valence-corrected chi connectivity index (χ0v) is 49.4. The van der Waals surface area contributed by atoms with Crippen molar-refractivity contribution >= 4 is 17.9 Å². The van der Waals surface area contributed by atoms with Gasteiger partial charge in [0.05, 0.1) is 0 Å². The van der Waals surface area contributed by atoms with E-state index in [-0.39, 0.29) is 31.1 Å². The van der Waals surface area contributed by atoms with Gasteiger partial charge in [-0.05, 0) is 83.5 Å². The maximum Gasteiger partial charge on any atom is 0.306 e. The second kappa shape index (κ2) is 62.6. The number of hydrogen-bond donors (Lipinski definition) is 0. The monoisotopic (exact) mass is 1030 g/mol. The lowest BCUT2D eigenvalue weighted by Gasteiger charge is -2.18. The molecule has 430 valence electrons. The molecule has 0 aromatic carbocycles. The van der Waals surface area contributed by atoms with Crippen molar-refractivity contribution < 1.29 is 28.6 Å². The highest BCUT2D eigenvalue weighted by Gasteiger charge is 2.19. The Kier molecular flexibility index (Phi) is 60.2. The van der Waals surface area contributed by atoms with Crippen molar-refractivity contribution in [3.63, 3.8) is 0 Å². The normalized spacial score (nSPS) is 12.4. The molecule has 0 heterocycles. The quantitative estimate of drug-likeness (QED) is 0.0261. The summed E-state index contributed by atoms with van der Waals surface area (Å²) in [6.07, 6.45) is 79.4. The van der Waals surface area contributed by atoms with Crippen LogP contribution in [0.5, 0.6) is 0 Å². The minimum atomic E-state index is -0.780. The summed E-state index contributed by atoms with van der Waals surface area (Å²) < 4.78 is 16.9. The first kappa shape index (κ1) is 71.1. The van der Waals surface area contributed by atoms with Gasteiger partial charge in [-0.3, -0.25) is 14.4 Å². The van der Waals surface area contributed by atoms with Crippen molar-refractivity contribution in [1.82, 2.24) is 0 Å². The van der Waals surface area contributed by atoms with Crippen LogP contribution < -0.4 is 0 Å². The van der Waals surface area contributed by atoms with E-state index in [2.05, 4.69) is 81.5 Å². The maximum absolute atomic E-state index is 12.9. The Morgan fingerprint density at radius 1 is 0.270 bits per heavy atom. The van der Waals surface area contributed by atoms with Gasteiger partial charge in [-0.15, -0.1) is 0 Å². The number of ether oxygens (including phenoxy) is 3. The van der Waals surface area contributed by atoms with Crippen LogP contribution in [0.15, 0.2) is 60.8 Å². The minimum Gasteiger partial charge on any atom is -0.462 e. The number of allylic oxidation sites excluding steroid dienone is 10. The fourth-order valence-electron chi connectivity index (χ4n) is 9.37. The third-order valence-corrected chi connectivity index (χ3v) is 14.2. The molecule has 6 heteroatoms. The summed E-state index contributed by atoms with van der Waals surface area (Å²) in [5.41, 5.74) is 0. The molecule has 0 bridgehead atoms. The average molecular weight is 1040 g/mol. The summed E-state index contributed by atoms with van der Waals surface area (Å²) in [6, 6.07) is 0. The van der Waals surface area contributed by atoms with E-state index >= 15 is 0 Å². The molecule has 74 heavy (non-hydrogen) atoms. The summed E-state index contributed by atoms with van der Waals surface area (Å²) in [4.78, 5) is 38.3. The molecule has 0 aliphatic carbocycles. The van der Waals surface area contributed by atoms with Crippen molar-refractivity contribution in [3.05, 3.63) is 60.8 Å². The molecule has 1 atom stereocenters. The Bertz CT molecular complexity index is 1330. The predicted molar refractivity (Wildman–Crippen MR) is 321 cm³/mol. The second-order valence-electron chi connectivity index (χ2n) is 21.7. The molecule has 1 unspecified atom stereocenters. The Morgan fingerprint density at radius 2 is 0.514 bits per heavy atom. The van der Waals surface area contributed by atoms with E-state index in [4.69, 9.17) is 14.2 Å². The fourth-order valence-corrected chi connectivity index (χ4v) is 9.37. The van der Waals surface area contributed by atoms with Gasteiger partial charge < -0.3 is 14.2 Å². The zero-order valence-electron chi connectivity index (χ0n) is 49.4. The van der Waals surface area contributed by atoms with Crippen molar-refractivity contribution in [1.29, 1.82) is 0 Å². The number of hydrogen-bond acceptors (Lipinski definition) is 6. The smallest absolute Gasteiger partial charge is 0.306 e. The number of unbranched alkanes of at least 4 members (excludes halogenated alkanes) is 38. The van der Waals surface area contributed by atoms with Gasteiger partial charge in [-0.1, -0.05) is 293 Å². The van der Waals surface area contributed by atoms with Gasteiger partial charge >= 0.3 is 17.9 Å². The van der Waals surface area contributed by atoms with E-state index in [1.165, 1.54) is 199 Å². The van der Waals surface area contributed by atoms with Gasteiger partial charge in [0.25, 0.3) is 0 Å². The Balaban J connectivity index is 4.29. The molecule has 0 aliphatic rings. The Morgan fingerprint density at radius 3 is 0.811 bits per heavy atom. The molecule has 0 saturated carbocycles. The molecule has 0 saturated heterocycles. The van der Waals surface area contributed by atoms with Crippen LogP contribution in [0.3, 0.4) is 0 Å². The molecule has 0 amide bonds. The van der Waals surface area contributed by atoms with Crippen LogP contribution in [0.25, 0.3) is 0 Å². The lowest BCUT2D eigenvalue weighted by Crippen LogP contribution is -2.30. The van der Waals surface area contributed by atoms with Gasteiger partial charge in [0.1, 0.15) is 13.2 Å². The first-order chi connectivity index (χ1) is 36.5. The summed E-state index contributed by atoms with van der Waals surface area (Å²) in [7, 11) is 0. The molecule has 0 aliphatic heterocycles. The molecule has 0 N–H and O–H groups in total. The van der Waals surface area contributed by atoms with E-state index in [0.29, 0.717) is 19.3 Å². The molecular weight excluding hydrogens is 913 g/mol. The maximum atomic E-state index is 12.9. The van der Waals surface area contributed by atoms with Gasteiger partial charge in [0.15, 0.2) is 6.10 Å². The number of rotatable bonds is 59. The summed E-state index contributed by atoms with van der Waals surface area (Å²) in [6.45, 7) is 6.60. The molecule has 0 rings (SSSR count). The van der Waals surface area contributed by atoms with Crippen LogP contribution in [0.2, 0.25) is 0 Å². The average Bonchev–Trinajstić information content (AvgIpc) is 3.40. The van der Waals surface area contributed by atoms with E-state index in [0.717, 1.165) is 96.3 Å².